The SMILES string of the molecule is CN(C)CCN(C(=O)CCSc1ccc(F)cc1)c1nc2ccc(S(C)(=O)=O)cc2s1. The van der Waals surface area contributed by atoms with Crippen LogP contribution in [0.2, 0.25) is 0 Å². The van der Waals surface area contributed by atoms with Gasteiger partial charge in [0, 0.05) is 36.4 Å². The first-order valence-electron chi connectivity index (χ1n) is 9.57. The molecular formula is C21H24FN3O3S3. The van der Waals surface area contributed by atoms with Gasteiger partial charge in [0.15, 0.2) is 15.0 Å². The van der Waals surface area contributed by atoms with Crippen LogP contribution >= 0.6 is 23.1 Å². The second-order valence-electron chi connectivity index (χ2n) is 7.30. The van der Waals surface area contributed by atoms with E-state index in [1.165, 1.54) is 47.6 Å². The molecule has 166 valence electrons. The van der Waals surface area contributed by atoms with Gasteiger partial charge in [-0.3, -0.25) is 9.69 Å². The number of halogens is 1. The quantitative estimate of drug-likeness (QED) is 0.432. The molecule has 10 heteroatoms. The number of fused-ring (bicyclic) bond motifs is 1. The number of carbonyl (C=O) groups is 1. The van der Waals surface area contributed by atoms with Crippen molar-refractivity contribution in [3.05, 3.63) is 48.3 Å². The summed E-state index contributed by atoms with van der Waals surface area (Å²) in [6.45, 7) is 1.15. The van der Waals surface area contributed by atoms with E-state index in [-0.39, 0.29) is 16.6 Å². The number of thiazole rings is 1. The van der Waals surface area contributed by atoms with Gasteiger partial charge >= 0.3 is 0 Å². The zero-order chi connectivity index (χ0) is 22.6. The molecule has 0 aliphatic carbocycles. The van der Waals surface area contributed by atoms with Crippen molar-refractivity contribution in [1.82, 2.24) is 9.88 Å². The third kappa shape index (κ3) is 6.49. The number of anilines is 1. The molecule has 2 aromatic carbocycles. The third-order valence-electron chi connectivity index (χ3n) is 4.48. The zero-order valence-electron chi connectivity index (χ0n) is 17.5. The van der Waals surface area contributed by atoms with Gasteiger partial charge < -0.3 is 4.90 Å². The Morgan fingerprint density at radius 3 is 2.48 bits per heavy atom. The summed E-state index contributed by atoms with van der Waals surface area (Å²) in [5, 5.41) is 0.555. The van der Waals surface area contributed by atoms with E-state index in [1.807, 2.05) is 19.0 Å². The second-order valence-corrected chi connectivity index (χ2v) is 11.5. The number of rotatable bonds is 9. The summed E-state index contributed by atoms with van der Waals surface area (Å²) in [7, 11) is 0.550. The molecule has 3 aromatic rings. The molecule has 0 saturated heterocycles. The molecule has 1 aromatic heterocycles. The number of benzene rings is 2. The molecule has 0 atom stereocenters. The van der Waals surface area contributed by atoms with Gasteiger partial charge in [-0.05, 0) is 56.6 Å². The number of amides is 1. The van der Waals surface area contributed by atoms with Gasteiger partial charge in [-0.2, -0.15) is 0 Å². The first-order chi connectivity index (χ1) is 14.6. The minimum Gasteiger partial charge on any atom is -0.308 e. The number of hydrogen-bond acceptors (Lipinski definition) is 7. The first-order valence-corrected chi connectivity index (χ1v) is 13.3. The molecule has 31 heavy (non-hydrogen) atoms. The largest absolute Gasteiger partial charge is 0.308 e. The Bertz CT molecular complexity index is 1160. The Kier molecular flexibility index (Phi) is 7.68. The average Bonchev–Trinajstić information content (AvgIpc) is 3.11. The molecule has 0 unspecified atom stereocenters. The topological polar surface area (TPSA) is 70.6 Å². The normalized spacial score (nSPS) is 11.9. The molecule has 0 aliphatic heterocycles. The van der Waals surface area contributed by atoms with E-state index in [2.05, 4.69) is 4.98 Å². The Labute approximate surface area is 190 Å². The zero-order valence-corrected chi connectivity index (χ0v) is 20.0. The van der Waals surface area contributed by atoms with E-state index in [0.717, 1.165) is 9.60 Å². The molecule has 1 amide bonds. The van der Waals surface area contributed by atoms with Crippen molar-refractivity contribution in [2.24, 2.45) is 0 Å². The highest BCUT2D eigenvalue weighted by Gasteiger charge is 2.20. The van der Waals surface area contributed by atoms with Crippen molar-refractivity contribution in [1.29, 1.82) is 0 Å². The van der Waals surface area contributed by atoms with Crippen LogP contribution in [0.15, 0.2) is 52.3 Å². The Morgan fingerprint density at radius 1 is 1.13 bits per heavy atom. The van der Waals surface area contributed by atoms with Crippen molar-refractivity contribution < 1.29 is 17.6 Å². The summed E-state index contributed by atoms with van der Waals surface area (Å²) in [4.78, 5) is 22.4. The van der Waals surface area contributed by atoms with Gasteiger partial charge in [0.2, 0.25) is 5.91 Å². The van der Waals surface area contributed by atoms with Crippen molar-refractivity contribution in [2.75, 3.05) is 44.1 Å². The Hall–Kier alpha value is -2.01. The fourth-order valence-electron chi connectivity index (χ4n) is 2.79. The highest BCUT2D eigenvalue weighted by atomic mass is 32.2. The van der Waals surface area contributed by atoms with Gasteiger partial charge in [-0.1, -0.05) is 11.3 Å². The molecule has 0 spiro atoms. The highest BCUT2D eigenvalue weighted by Crippen LogP contribution is 2.31. The van der Waals surface area contributed by atoms with Gasteiger partial charge in [0.1, 0.15) is 5.82 Å². The fourth-order valence-corrected chi connectivity index (χ4v) is 5.40. The highest BCUT2D eigenvalue weighted by molar-refractivity contribution is 7.99. The van der Waals surface area contributed by atoms with Gasteiger partial charge in [-0.15, -0.1) is 11.8 Å². The van der Waals surface area contributed by atoms with Gasteiger partial charge in [-0.25, -0.2) is 17.8 Å². The number of nitrogens with zero attached hydrogens (tertiary/aromatic N) is 3. The summed E-state index contributed by atoms with van der Waals surface area (Å²) in [6.07, 6.45) is 1.47. The number of carbonyl (C=O) groups excluding carboxylic acids is 1. The van der Waals surface area contributed by atoms with E-state index in [1.54, 1.807) is 29.2 Å². The molecule has 3 rings (SSSR count). The first kappa shape index (κ1) is 23.6. The van der Waals surface area contributed by atoms with Crippen LogP contribution in [0.25, 0.3) is 10.2 Å². The summed E-state index contributed by atoms with van der Waals surface area (Å²) < 4.78 is 37.5. The van der Waals surface area contributed by atoms with Crippen LogP contribution in [0.5, 0.6) is 0 Å². The van der Waals surface area contributed by atoms with Crippen LogP contribution in [-0.2, 0) is 14.6 Å². The predicted molar refractivity (Wildman–Crippen MR) is 125 cm³/mol. The van der Waals surface area contributed by atoms with Crippen LogP contribution in [0.3, 0.4) is 0 Å². The van der Waals surface area contributed by atoms with E-state index in [4.69, 9.17) is 0 Å². The molecule has 0 bridgehead atoms. The average molecular weight is 482 g/mol. The van der Waals surface area contributed by atoms with Gasteiger partial charge in [0.25, 0.3) is 0 Å². The van der Waals surface area contributed by atoms with Crippen LogP contribution < -0.4 is 4.90 Å². The minimum absolute atomic E-state index is 0.0566. The molecule has 0 fully saturated rings. The lowest BCUT2D eigenvalue weighted by molar-refractivity contribution is -0.118. The number of aromatic nitrogens is 1. The third-order valence-corrected chi connectivity index (χ3v) is 7.64. The predicted octanol–water partition coefficient (Wildman–Crippen LogP) is 3.92. The van der Waals surface area contributed by atoms with Crippen molar-refractivity contribution >= 4 is 54.2 Å². The molecular weight excluding hydrogens is 457 g/mol. The standard InChI is InChI=1S/C21H24FN3O3S3/c1-24(2)11-12-25(20(26)10-13-29-16-6-4-15(22)5-7-16)21-23-18-9-8-17(31(3,27)28)14-19(18)30-21/h4-9,14H,10-13H2,1-3H3. The lowest BCUT2D eigenvalue weighted by Gasteiger charge is -2.22. The summed E-state index contributed by atoms with van der Waals surface area (Å²) in [6, 6.07) is 11.0. The van der Waals surface area contributed by atoms with Crippen LogP contribution in [-0.4, -0.2) is 63.4 Å². The van der Waals surface area contributed by atoms with Crippen LogP contribution in [0.4, 0.5) is 9.52 Å². The maximum absolute atomic E-state index is 13.0. The van der Waals surface area contributed by atoms with Crippen molar-refractivity contribution in [3.63, 3.8) is 0 Å². The van der Waals surface area contributed by atoms with E-state index in [9.17, 15) is 17.6 Å². The summed E-state index contributed by atoms with van der Waals surface area (Å²) >= 11 is 2.81. The monoisotopic (exact) mass is 481 g/mol. The maximum Gasteiger partial charge on any atom is 0.229 e. The van der Waals surface area contributed by atoms with E-state index >= 15 is 0 Å². The van der Waals surface area contributed by atoms with Crippen molar-refractivity contribution in [3.8, 4) is 0 Å². The number of sulfone groups is 1. The molecule has 0 radical (unpaired) electrons. The van der Waals surface area contributed by atoms with Crippen LogP contribution in [0, 0.1) is 5.82 Å². The maximum atomic E-state index is 13.0. The lowest BCUT2D eigenvalue weighted by Crippen LogP contribution is -2.36. The molecule has 6 nitrogen and oxygen atoms in total. The van der Waals surface area contributed by atoms with Crippen LogP contribution in [0.1, 0.15) is 6.42 Å². The van der Waals surface area contributed by atoms with Crippen molar-refractivity contribution in [2.45, 2.75) is 16.2 Å². The molecule has 0 N–H and O–H groups in total. The number of likely N-dealkylation sites (N-methyl/N-ethyl adjacent to an activating group) is 1. The fraction of sp³-hybridized carbons (Fsp3) is 0.333. The smallest absolute Gasteiger partial charge is 0.229 e. The van der Waals surface area contributed by atoms with E-state index < -0.39 is 9.84 Å². The Morgan fingerprint density at radius 2 is 1.84 bits per heavy atom. The Balaban J connectivity index is 1.77. The second kappa shape index (κ2) is 10.1. The van der Waals surface area contributed by atoms with E-state index in [0.29, 0.717) is 35.9 Å². The summed E-state index contributed by atoms with van der Waals surface area (Å²) in [5.41, 5.74) is 0.663. The minimum atomic E-state index is -3.32. The van der Waals surface area contributed by atoms with Gasteiger partial charge in [0.05, 0.1) is 15.1 Å². The number of hydrogen-bond donors (Lipinski definition) is 0. The summed E-state index contributed by atoms with van der Waals surface area (Å²) in [5.74, 6) is 0.218. The molecule has 0 saturated carbocycles. The molecule has 1 heterocycles. The lowest BCUT2D eigenvalue weighted by atomic mass is 10.3. The number of thioether (sulfide) groups is 1. The molecule has 0 aliphatic rings.